The third-order valence-electron chi connectivity index (χ3n) is 5.02. The van der Waals surface area contributed by atoms with Gasteiger partial charge in [0.25, 0.3) is 0 Å². The maximum atomic E-state index is 11.7. The van der Waals surface area contributed by atoms with Crippen LogP contribution in [-0.2, 0) is 9.47 Å². The lowest BCUT2D eigenvalue weighted by Crippen LogP contribution is -2.30. The smallest absolute Gasteiger partial charge is 0.407 e. The van der Waals surface area contributed by atoms with Crippen LogP contribution in [0.5, 0.6) is 11.5 Å². The van der Waals surface area contributed by atoms with Crippen LogP contribution in [0.25, 0.3) is 21.5 Å². The van der Waals surface area contributed by atoms with Crippen LogP contribution in [0.2, 0.25) is 0 Å². The van der Waals surface area contributed by atoms with Crippen molar-refractivity contribution in [2.75, 3.05) is 26.3 Å². The number of amides is 2. The van der Waals surface area contributed by atoms with E-state index in [4.69, 9.17) is 18.9 Å². The molecule has 3 aromatic carbocycles. The normalized spacial score (nSPS) is 12.6. The number of alkyl carbamates (subject to hydrolysis) is 2. The highest BCUT2D eigenvalue weighted by atomic mass is 16.6. The van der Waals surface area contributed by atoms with E-state index in [2.05, 4.69) is 10.6 Å². The number of hydrogen-bond acceptors (Lipinski definition) is 6. The average molecular weight is 469 g/mol. The molecule has 182 valence electrons. The average Bonchev–Trinajstić information content (AvgIpc) is 2.81. The highest BCUT2D eigenvalue weighted by molar-refractivity contribution is 6.11. The van der Waals surface area contributed by atoms with Crippen molar-refractivity contribution >= 4 is 33.7 Å². The summed E-state index contributed by atoms with van der Waals surface area (Å²) in [5.41, 5.74) is 0. The molecule has 0 heterocycles. The first-order valence-corrected chi connectivity index (χ1v) is 11.5. The summed E-state index contributed by atoms with van der Waals surface area (Å²) in [6.07, 6.45) is -1.82. The van der Waals surface area contributed by atoms with Crippen LogP contribution in [0.15, 0.2) is 48.5 Å². The fourth-order valence-corrected chi connectivity index (χ4v) is 3.57. The fourth-order valence-electron chi connectivity index (χ4n) is 3.57. The zero-order valence-corrected chi connectivity index (χ0v) is 20.1. The molecule has 2 N–H and O–H groups in total. The first-order valence-electron chi connectivity index (χ1n) is 11.5. The van der Waals surface area contributed by atoms with Crippen LogP contribution in [0.1, 0.15) is 27.7 Å². The fraction of sp³-hybridized carbons (Fsp3) is 0.385. The van der Waals surface area contributed by atoms with E-state index in [1.807, 2.05) is 62.4 Å². The van der Waals surface area contributed by atoms with Gasteiger partial charge in [0.1, 0.15) is 36.9 Å². The van der Waals surface area contributed by atoms with E-state index in [-0.39, 0.29) is 13.2 Å². The van der Waals surface area contributed by atoms with Crippen molar-refractivity contribution in [1.82, 2.24) is 10.6 Å². The van der Waals surface area contributed by atoms with Gasteiger partial charge >= 0.3 is 12.2 Å². The monoisotopic (exact) mass is 468 g/mol. The number of nitrogens with one attached hydrogen (secondary N) is 2. The maximum Gasteiger partial charge on any atom is 0.407 e. The van der Waals surface area contributed by atoms with Gasteiger partial charge in [-0.05, 0) is 27.7 Å². The Balaban J connectivity index is 1.89. The van der Waals surface area contributed by atoms with Crippen molar-refractivity contribution in [2.24, 2.45) is 0 Å². The first-order chi connectivity index (χ1) is 16.4. The van der Waals surface area contributed by atoms with Gasteiger partial charge < -0.3 is 29.6 Å². The van der Waals surface area contributed by atoms with E-state index in [1.165, 1.54) is 0 Å². The molecular formula is C26H32N2O6. The first kappa shape index (κ1) is 25.0. The molecular weight excluding hydrogens is 436 g/mol. The number of carbonyl (C=O) groups is 2. The molecule has 0 saturated carbocycles. The topological polar surface area (TPSA) is 95.1 Å². The quantitative estimate of drug-likeness (QED) is 0.406. The lowest BCUT2D eigenvalue weighted by molar-refractivity contribution is 0.0755. The van der Waals surface area contributed by atoms with E-state index in [0.29, 0.717) is 24.6 Å². The molecule has 0 fully saturated rings. The Hall–Kier alpha value is -3.68. The van der Waals surface area contributed by atoms with Gasteiger partial charge in [0.15, 0.2) is 0 Å². The van der Waals surface area contributed by atoms with E-state index < -0.39 is 24.4 Å². The predicted molar refractivity (Wildman–Crippen MR) is 132 cm³/mol. The maximum absolute atomic E-state index is 11.7. The summed E-state index contributed by atoms with van der Waals surface area (Å²) in [6.45, 7) is 8.62. The van der Waals surface area contributed by atoms with Gasteiger partial charge in [-0.3, -0.25) is 0 Å². The molecule has 8 nitrogen and oxygen atoms in total. The van der Waals surface area contributed by atoms with Crippen LogP contribution in [-0.4, -0.2) is 50.7 Å². The van der Waals surface area contributed by atoms with Crippen molar-refractivity contribution in [1.29, 1.82) is 0 Å². The highest BCUT2D eigenvalue weighted by Gasteiger charge is 2.19. The summed E-state index contributed by atoms with van der Waals surface area (Å²) < 4.78 is 23.0. The molecule has 3 rings (SSSR count). The number of carbonyl (C=O) groups excluding carboxylic acids is 2. The third kappa shape index (κ3) is 6.21. The van der Waals surface area contributed by atoms with Gasteiger partial charge in [-0.25, -0.2) is 9.59 Å². The second-order valence-electron chi connectivity index (χ2n) is 7.86. The van der Waals surface area contributed by atoms with Crippen LogP contribution < -0.4 is 20.1 Å². The van der Waals surface area contributed by atoms with Gasteiger partial charge in [-0.15, -0.1) is 0 Å². The number of benzene rings is 3. The second kappa shape index (κ2) is 12.0. The molecule has 0 spiro atoms. The summed E-state index contributed by atoms with van der Waals surface area (Å²) in [6, 6.07) is 15.6. The Morgan fingerprint density at radius 2 is 1.00 bits per heavy atom. The number of rotatable bonds is 10. The van der Waals surface area contributed by atoms with Gasteiger partial charge in [0.2, 0.25) is 0 Å². The number of fused-ring (bicyclic) bond motifs is 2. The van der Waals surface area contributed by atoms with Gasteiger partial charge in [-0.1, -0.05) is 48.5 Å². The van der Waals surface area contributed by atoms with Gasteiger partial charge in [-0.2, -0.15) is 0 Å². The van der Waals surface area contributed by atoms with Crippen molar-refractivity contribution in [3.05, 3.63) is 48.5 Å². The summed E-state index contributed by atoms with van der Waals surface area (Å²) >= 11 is 0. The Kier molecular flexibility index (Phi) is 8.79. The molecule has 34 heavy (non-hydrogen) atoms. The molecule has 0 aliphatic carbocycles. The van der Waals surface area contributed by atoms with Crippen molar-refractivity contribution in [3.63, 3.8) is 0 Å². The second-order valence-corrected chi connectivity index (χ2v) is 7.86. The predicted octanol–water partition coefficient (Wildman–Crippen LogP) is 5.02. The number of hydrogen-bond donors (Lipinski definition) is 2. The molecule has 0 aromatic heterocycles. The Morgan fingerprint density at radius 1 is 0.676 bits per heavy atom. The minimum Gasteiger partial charge on any atom is -0.488 e. The molecule has 2 unspecified atom stereocenters. The third-order valence-corrected chi connectivity index (χ3v) is 5.02. The molecule has 8 heteroatoms. The van der Waals surface area contributed by atoms with Crippen molar-refractivity contribution in [2.45, 2.75) is 39.9 Å². The van der Waals surface area contributed by atoms with Crippen molar-refractivity contribution in [3.8, 4) is 11.5 Å². The van der Waals surface area contributed by atoms with E-state index in [1.54, 1.807) is 13.8 Å². The summed E-state index contributed by atoms with van der Waals surface area (Å²) in [7, 11) is 0. The lowest BCUT2D eigenvalue weighted by atomic mass is 10.0. The van der Waals surface area contributed by atoms with Crippen LogP contribution >= 0.6 is 0 Å². The molecule has 0 radical (unpaired) electrons. The van der Waals surface area contributed by atoms with Crippen molar-refractivity contribution < 1.29 is 28.5 Å². The minimum absolute atomic E-state index is 0.197. The van der Waals surface area contributed by atoms with E-state index in [0.717, 1.165) is 21.5 Å². The Bertz CT molecular complexity index is 988. The molecule has 2 atom stereocenters. The van der Waals surface area contributed by atoms with Crippen LogP contribution in [0.4, 0.5) is 9.59 Å². The minimum atomic E-state index is -0.471. The zero-order valence-electron chi connectivity index (χ0n) is 20.1. The van der Waals surface area contributed by atoms with Crippen LogP contribution in [0.3, 0.4) is 0 Å². The summed E-state index contributed by atoms with van der Waals surface area (Å²) in [4.78, 5) is 23.4. The van der Waals surface area contributed by atoms with Gasteiger partial charge in [0.05, 0.1) is 0 Å². The summed E-state index contributed by atoms with van der Waals surface area (Å²) in [5.74, 6) is 1.38. The SMILES string of the molecule is CCNC(=O)OC(C)COc1c2ccccc2c(OCC(C)OC(=O)NCC)c2ccccc12. The molecule has 2 amide bonds. The standard InChI is InChI=1S/C26H32N2O6/c1-5-27-25(29)33-17(3)15-31-23-19-11-7-9-13-21(19)24(22-14-10-8-12-20(22)23)32-16-18(4)34-26(30)28-6-2/h7-14,17-18H,5-6,15-16H2,1-4H3,(H,27,29)(H,28,30). The Labute approximate surface area is 199 Å². The Morgan fingerprint density at radius 3 is 1.29 bits per heavy atom. The molecule has 0 aliphatic rings. The summed E-state index contributed by atoms with van der Waals surface area (Å²) in [5, 5.41) is 8.72. The number of ether oxygens (including phenoxy) is 4. The van der Waals surface area contributed by atoms with E-state index >= 15 is 0 Å². The largest absolute Gasteiger partial charge is 0.488 e. The van der Waals surface area contributed by atoms with E-state index in [9.17, 15) is 9.59 Å². The molecule has 0 aliphatic heterocycles. The molecule has 3 aromatic rings. The molecule has 0 bridgehead atoms. The highest BCUT2D eigenvalue weighted by Crippen LogP contribution is 2.42. The van der Waals surface area contributed by atoms with Gasteiger partial charge in [0, 0.05) is 34.6 Å². The molecule has 0 saturated heterocycles. The van der Waals surface area contributed by atoms with Crippen LogP contribution in [0, 0.1) is 0 Å². The lowest BCUT2D eigenvalue weighted by Gasteiger charge is -2.21. The zero-order chi connectivity index (χ0) is 24.5.